The molecular formula is C25H20N2O4. The van der Waals surface area contributed by atoms with Crippen LogP contribution in [0, 0.1) is 0 Å². The maximum Gasteiger partial charge on any atom is 0.219 e. The van der Waals surface area contributed by atoms with Crippen molar-refractivity contribution in [2.45, 2.75) is 19.3 Å². The fraction of sp³-hybridized carbons (Fsp3) is 0.120. The molecule has 0 fully saturated rings. The Balaban J connectivity index is 1.69. The van der Waals surface area contributed by atoms with Crippen LogP contribution in [0.5, 0.6) is 40.5 Å². The molecule has 0 spiro atoms. The van der Waals surface area contributed by atoms with E-state index in [9.17, 15) is 5.11 Å². The maximum atomic E-state index is 10.7. The number of benzene rings is 2. The highest BCUT2D eigenvalue weighted by Gasteiger charge is 2.27. The second-order valence-corrected chi connectivity index (χ2v) is 7.73. The lowest BCUT2D eigenvalue weighted by Gasteiger charge is -2.24. The van der Waals surface area contributed by atoms with Gasteiger partial charge in [0.15, 0.2) is 11.5 Å². The van der Waals surface area contributed by atoms with Gasteiger partial charge in [0, 0.05) is 23.6 Å². The number of fused-ring (bicyclic) bond motifs is 8. The number of phenols is 1. The third-order valence-electron chi connectivity index (χ3n) is 5.16. The van der Waals surface area contributed by atoms with Gasteiger partial charge < -0.3 is 19.3 Å². The Kier molecular flexibility index (Phi) is 4.47. The molecule has 0 atom stereocenters. The van der Waals surface area contributed by atoms with Crippen LogP contribution in [-0.4, -0.2) is 15.1 Å². The van der Waals surface area contributed by atoms with Gasteiger partial charge in [-0.05, 0) is 50.2 Å². The number of ether oxygens (including phenoxy) is 3. The third kappa shape index (κ3) is 3.64. The van der Waals surface area contributed by atoms with Crippen molar-refractivity contribution in [2.75, 3.05) is 0 Å². The second-order valence-electron chi connectivity index (χ2n) is 7.73. The van der Waals surface area contributed by atoms with E-state index < -0.39 is 5.41 Å². The molecule has 0 amide bonds. The van der Waals surface area contributed by atoms with E-state index in [0.29, 0.717) is 23.3 Å². The van der Waals surface area contributed by atoms with Crippen LogP contribution in [0.3, 0.4) is 0 Å². The first-order valence-corrected chi connectivity index (χ1v) is 9.90. The van der Waals surface area contributed by atoms with Crippen LogP contribution in [0.15, 0.2) is 78.9 Å². The molecule has 3 heterocycles. The number of para-hydroxylation sites is 1. The Bertz CT molecular complexity index is 1270. The molecule has 1 N–H and O–H groups in total. The molecule has 31 heavy (non-hydrogen) atoms. The van der Waals surface area contributed by atoms with Crippen molar-refractivity contribution in [2.24, 2.45) is 0 Å². The summed E-state index contributed by atoms with van der Waals surface area (Å²) in [5.41, 5.74) is 1.07. The summed E-state index contributed by atoms with van der Waals surface area (Å²) in [6, 6.07) is 23.4. The Morgan fingerprint density at radius 1 is 0.645 bits per heavy atom. The van der Waals surface area contributed by atoms with Crippen molar-refractivity contribution in [3.8, 4) is 40.5 Å². The van der Waals surface area contributed by atoms with E-state index in [0.717, 1.165) is 11.4 Å². The van der Waals surface area contributed by atoms with Crippen LogP contribution in [0.1, 0.15) is 25.2 Å². The molecule has 0 aliphatic carbocycles. The average Bonchev–Trinajstić information content (AvgIpc) is 2.77. The summed E-state index contributed by atoms with van der Waals surface area (Å²) in [6.45, 7) is 4.09. The minimum atomic E-state index is -0.509. The highest BCUT2D eigenvalue weighted by atomic mass is 16.5. The fourth-order valence-electron chi connectivity index (χ4n) is 3.40. The lowest BCUT2D eigenvalue weighted by molar-refractivity contribution is 0.370. The van der Waals surface area contributed by atoms with Gasteiger partial charge in [0.25, 0.3) is 0 Å². The number of rotatable bonds is 0. The number of nitrogens with zero attached hydrogens (tertiary/aromatic N) is 2. The molecule has 6 heteroatoms. The van der Waals surface area contributed by atoms with Gasteiger partial charge in [0.1, 0.15) is 11.5 Å². The zero-order valence-electron chi connectivity index (χ0n) is 17.1. The standard InChI is InChI=1S/C25H20N2O4/c1-25(2)20-11-5-13-22(26-20)30-17-8-3-7-16(15-17)29-18-9-4-10-19(24(18)28)31-23-14-6-12-21(25)27-23/h3-15,28H,1-2H3. The lowest BCUT2D eigenvalue weighted by atomic mass is 9.84. The Morgan fingerprint density at radius 2 is 1.16 bits per heavy atom. The van der Waals surface area contributed by atoms with Gasteiger partial charge in [0.05, 0.1) is 11.4 Å². The molecule has 2 aromatic heterocycles. The molecule has 6 nitrogen and oxygen atoms in total. The fourth-order valence-corrected chi connectivity index (χ4v) is 3.40. The van der Waals surface area contributed by atoms with Crippen LogP contribution < -0.4 is 14.2 Å². The van der Waals surface area contributed by atoms with Crippen molar-refractivity contribution in [3.05, 3.63) is 90.3 Å². The molecular weight excluding hydrogens is 392 g/mol. The number of pyridine rings is 2. The van der Waals surface area contributed by atoms with Crippen LogP contribution in [0.2, 0.25) is 0 Å². The van der Waals surface area contributed by atoms with Crippen molar-refractivity contribution in [1.29, 1.82) is 0 Å². The molecule has 0 unspecified atom stereocenters. The van der Waals surface area contributed by atoms with E-state index >= 15 is 0 Å². The number of hydrogen-bond acceptors (Lipinski definition) is 6. The quantitative estimate of drug-likeness (QED) is 0.371. The number of hydrogen-bond donors (Lipinski definition) is 1. The van der Waals surface area contributed by atoms with E-state index in [4.69, 9.17) is 19.2 Å². The van der Waals surface area contributed by atoms with E-state index in [-0.39, 0.29) is 17.2 Å². The predicted octanol–water partition coefficient (Wildman–Crippen LogP) is 6.20. The normalized spacial score (nSPS) is 14.0. The van der Waals surface area contributed by atoms with Gasteiger partial charge in [-0.25, -0.2) is 9.97 Å². The molecule has 0 saturated carbocycles. The molecule has 0 saturated heterocycles. The molecule has 154 valence electrons. The van der Waals surface area contributed by atoms with E-state index in [2.05, 4.69) is 4.98 Å². The number of aromatic nitrogens is 2. The summed E-state index contributed by atoms with van der Waals surface area (Å²) in [4.78, 5) is 9.39. The van der Waals surface area contributed by atoms with E-state index in [1.54, 1.807) is 42.5 Å². The monoisotopic (exact) mass is 412 g/mol. The van der Waals surface area contributed by atoms with Gasteiger partial charge in [-0.15, -0.1) is 0 Å². The van der Waals surface area contributed by atoms with Crippen LogP contribution in [0.4, 0.5) is 0 Å². The molecule has 5 rings (SSSR count). The second kappa shape index (κ2) is 7.32. The predicted molar refractivity (Wildman–Crippen MR) is 115 cm³/mol. The van der Waals surface area contributed by atoms with Gasteiger partial charge in [-0.2, -0.15) is 0 Å². The van der Waals surface area contributed by atoms with Crippen molar-refractivity contribution in [1.82, 2.24) is 9.97 Å². The first kappa shape index (κ1) is 18.9. The smallest absolute Gasteiger partial charge is 0.219 e. The van der Waals surface area contributed by atoms with Crippen LogP contribution >= 0.6 is 0 Å². The van der Waals surface area contributed by atoms with Crippen LogP contribution in [0.25, 0.3) is 0 Å². The Labute approximate surface area is 179 Å². The largest absolute Gasteiger partial charge is 0.502 e. The highest BCUT2D eigenvalue weighted by Crippen LogP contribution is 2.41. The maximum absolute atomic E-state index is 10.7. The summed E-state index contributed by atoms with van der Waals surface area (Å²) in [6.07, 6.45) is 0. The summed E-state index contributed by atoms with van der Waals surface area (Å²) < 4.78 is 17.8. The summed E-state index contributed by atoms with van der Waals surface area (Å²) in [7, 11) is 0. The van der Waals surface area contributed by atoms with E-state index in [1.165, 1.54) is 0 Å². The summed E-state index contributed by atoms with van der Waals surface area (Å²) >= 11 is 0. The average molecular weight is 412 g/mol. The number of phenolic OH excluding ortho intramolecular Hbond substituents is 1. The van der Waals surface area contributed by atoms with Gasteiger partial charge in [-0.1, -0.05) is 24.3 Å². The summed E-state index contributed by atoms with van der Waals surface area (Å²) in [5.74, 6) is 2.30. The van der Waals surface area contributed by atoms with Gasteiger partial charge >= 0.3 is 0 Å². The first-order chi connectivity index (χ1) is 15.0. The Morgan fingerprint density at radius 3 is 1.84 bits per heavy atom. The zero-order valence-corrected chi connectivity index (χ0v) is 17.1. The zero-order chi connectivity index (χ0) is 21.4. The molecule has 8 bridgehead atoms. The summed E-state index contributed by atoms with van der Waals surface area (Å²) in [5, 5.41) is 10.7. The van der Waals surface area contributed by atoms with Crippen LogP contribution in [-0.2, 0) is 5.41 Å². The third-order valence-corrected chi connectivity index (χ3v) is 5.16. The molecule has 2 aromatic carbocycles. The van der Waals surface area contributed by atoms with Crippen molar-refractivity contribution >= 4 is 0 Å². The van der Waals surface area contributed by atoms with E-state index in [1.807, 2.05) is 50.2 Å². The Hall–Kier alpha value is -4.06. The van der Waals surface area contributed by atoms with Gasteiger partial charge in [0.2, 0.25) is 17.5 Å². The lowest BCUT2D eigenvalue weighted by Crippen LogP contribution is -2.22. The van der Waals surface area contributed by atoms with Crippen molar-refractivity contribution < 1.29 is 19.3 Å². The SMILES string of the molecule is CC1(C)c2cccc(n2)Oc2cccc(c2)Oc2cccc(c2O)Oc2cccc1n2. The molecule has 1 aliphatic heterocycles. The minimum Gasteiger partial charge on any atom is -0.502 e. The highest BCUT2D eigenvalue weighted by molar-refractivity contribution is 5.53. The molecule has 4 aromatic rings. The molecule has 0 radical (unpaired) electrons. The molecule has 1 aliphatic rings. The topological polar surface area (TPSA) is 73.7 Å². The van der Waals surface area contributed by atoms with Crippen molar-refractivity contribution in [3.63, 3.8) is 0 Å². The van der Waals surface area contributed by atoms with Gasteiger partial charge in [-0.3, -0.25) is 0 Å². The number of aromatic hydroxyl groups is 1. The first-order valence-electron chi connectivity index (χ1n) is 9.90. The minimum absolute atomic E-state index is 0.112.